The normalized spacial score (nSPS) is 13.2. The van der Waals surface area contributed by atoms with Gasteiger partial charge >= 0.3 is 0 Å². The van der Waals surface area contributed by atoms with Crippen molar-refractivity contribution in [3.63, 3.8) is 0 Å². The van der Waals surface area contributed by atoms with Crippen LogP contribution in [-0.2, 0) is 0 Å². The van der Waals surface area contributed by atoms with Gasteiger partial charge in [-0.2, -0.15) is 0 Å². The van der Waals surface area contributed by atoms with Crippen molar-refractivity contribution in [1.29, 1.82) is 0 Å². The van der Waals surface area contributed by atoms with Crippen LogP contribution in [0.25, 0.3) is 0 Å². The molecule has 5 nitrogen and oxygen atoms in total. The summed E-state index contributed by atoms with van der Waals surface area (Å²) in [5.74, 6) is -0.646. The summed E-state index contributed by atoms with van der Waals surface area (Å²) < 4.78 is 13.7. The average Bonchev–Trinajstić information content (AvgIpc) is 2.25. The Morgan fingerprint density at radius 3 is 2.50 bits per heavy atom. The highest BCUT2D eigenvalue weighted by Gasteiger charge is 2.24. The van der Waals surface area contributed by atoms with Gasteiger partial charge in [0.25, 0.3) is 5.69 Å². The first-order valence-corrected chi connectivity index (χ1v) is 5.66. The number of benzene rings is 1. The van der Waals surface area contributed by atoms with Crippen LogP contribution >= 0.6 is 0 Å². The summed E-state index contributed by atoms with van der Waals surface area (Å²) in [5.41, 5.74) is 5.47. The Morgan fingerprint density at radius 2 is 2.11 bits per heavy atom. The van der Waals surface area contributed by atoms with Crippen molar-refractivity contribution >= 4 is 11.4 Å². The molecule has 0 bridgehead atoms. The molecule has 3 N–H and O–H groups in total. The van der Waals surface area contributed by atoms with E-state index < -0.39 is 10.7 Å². The topological polar surface area (TPSA) is 81.2 Å². The van der Waals surface area contributed by atoms with Crippen molar-refractivity contribution in [3.8, 4) is 0 Å². The van der Waals surface area contributed by atoms with E-state index >= 15 is 0 Å². The SMILES string of the molecule is CC(C)(C)C(CN)Nc1ccc([N+](=O)[O-])cc1F. The second-order valence-electron chi connectivity index (χ2n) is 5.22. The molecule has 0 amide bonds. The molecule has 0 aliphatic carbocycles. The van der Waals surface area contributed by atoms with Gasteiger partial charge in [0, 0.05) is 18.7 Å². The largest absolute Gasteiger partial charge is 0.378 e. The Morgan fingerprint density at radius 1 is 1.50 bits per heavy atom. The summed E-state index contributed by atoms with van der Waals surface area (Å²) in [6.07, 6.45) is 0. The Labute approximate surface area is 105 Å². The fourth-order valence-corrected chi connectivity index (χ4v) is 1.55. The number of nitro groups is 1. The van der Waals surface area contributed by atoms with Gasteiger partial charge in [-0.1, -0.05) is 20.8 Å². The van der Waals surface area contributed by atoms with Crippen LogP contribution in [-0.4, -0.2) is 17.5 Å². The molecule has 0 aliphatic heterocycles. The molecule has 18 heavy (non-hydrogen) atoms. The first-order valence-electron chi connectivity index (χ1n) is 5.66. The predicted octanol–water partition coefficient (Wildman–Crippen LogP) is 2.52. The summed E-state index contributed by atoms with van der Waals surface area (Å²) in [6, 6.07) is 3.41. The van der Waals surface area contributed by atoms with Gasteiger partial charge in [-0.15, -0.1) is 0 Å². The molecular formula is C12H18FN3O2. The molecule has 0 fully saturated rings. The third-order valence-corrected chi connectivity index (χ3v) is 2.77. The van der Waals surface area contributed by atoms with Gasteiger partial charge in [0.05, 0.1) is 16.7 Å². The average molecular weight is 255 g/mol. The predicted molar refractivity (Wildman–Crippen MR) is 69.0 cm³/mol. The van der Waals surface area contributed by atoms with Gasteiger partial charge < -0.3 is 11.1 Å². The maximum Gasteiger partial charge on any atom is 0.272 e. The van der Waals surface area contributed by atoms with Crippen molar-refractivity contribution < 1.29 is 9.31 Å². The Kier molecular flexibility index (Phi) is 4.24. The molecule has 0 saturated heterocycles. The van der Waals surface area contributed by atoms with Gasteiger partial charge in [-0.05, 0) is 11.5 Å². The van der Waals surface area contributed by atoms with Crippen molar-refractivity contribution in [2.24, 2.45) is 11.1 Å². The van der Waals surface area contributed by atoms with Crippen molar-refractivity contribution in [2.75, 3.05) is 11.9 Å². The van der Waals surface area contributed by atoms with Crippen LogP contribution in [0.5, 0.6) is 0 Å². The van der Waals surface area contributed by atoms with Crippen LogP contribution in [0, 0.1) is 21.3 Å². The smallest absolute Gasteiger partial charge is 0.272 e. The molecule has 0 heterocycles. The summed E-state index contributed by atoms with van der Waals surface area (Å²) >= 11 is 0. The highest BCUT2D eigenvalue weighted by atomic mass is 19.1. The van der Waals surface area contributed by atoms with Gasteiger partial charge in [0.2, 0.25) is 0 Å². The van der Waals surface area contributed by atoms with Crippen molar-refractivity contribution in [1.82, 2.24) is 0 Å². The zero-order valence-corrected chi connectivity index (χ0v) is 10.7. The molecule has 0 spiro atoms. The molecule has 1 aromatic carbocycles. The van der Waals surface area contributed by atoms with E-state index in [4.69, 9.17) is 5.73 Å². The van der Waals surface area contributed by atoms with Crippen molar-refractivity contribution in [2.45, 2.75) is 26.8 Å². The summed E-state index contributed by atoms with van der Waals surface area (Å²) in [5, 5.41) is 13.5. The molecule has 1 aromatic rings. The van der Waals surface area contributed by atoms with E-state index in [0.29, 0.717) is 6.54 Å². The number of nitro benzene ring substituents is 1. The van der Waals surface area contributed by atoms with E-state index in [2.05, 4.69) is 5.32 Å². The number of nitrogens with zero attached hydrogens (tertiary/aromatic N) is 1. The lowest BCUT2D eigenvalue weighted by Gasteiger charge is -2.31. The second-order valence-corrected chi connectivity index (χ2v) is 5.22. The zero-order valence-electron chi connectivity index (χ0n) is 10.7. The molecule has 1 rings (SSSR count). The van der Waals surface area contributed by atoms with Gasteiger partial charge in [-0.25, -0.2) is 4.39 Å². The quantitative estimate of drug-likeness (QED) is 0.639. The third kappa shape index (κ3) is 3.40. The van der Waals surface area contributed by atoms with Crippen LogP contribution < -0.4 is 11.1 Å². The summed E-state index contributed by atoms with van der Waals surface area (Å²) in [4.78, 5) is 9.87. The maximum absolute atomic E-state index is 13.7. The standard InChI is InChI=1S/C12H18FN3O2/c1-12(2,3)11(7-14)15-10-5-4-8(16(17)18)6-9(10)13/h4-6,11,15H,7,14H2,1-3H3. The first-order chi connectivity index (χ1) is 8.25. The molecule has 0 aromatic heterocycles. The number of non-ortho nitro benzene ring substituents is 1. The molecule has 0 saturated carbocycles. The number of rotatable bonds is 4. The molecule has 0 aliphatic rings. The molecule has 1 atom stereocenters. The van der Waals surface area contributed by atoms with E-state index in [1.165, 1.54) is 12.1 Å². The van der Waals surface area contributed by atoms with E-state index in [0.717, 1.165) is 6.07 Å². The first kappa shape index (κ1) is 14.4. The number of hydrogen-bond donors (Lipinski definition) is 2. The highest BCUT2D eigenvalue weighted by Crippen LogP contribution is 2.26. The van der Waals surface area contributed by atoms with Crippen LogP contribution in [0.15, 0.2) is 18.2 Å². The maximum atomic E-state index is 13.7. The minimum absolute atomic E-state index is 0.117. The number of anilines is 1. The Bertz CT molecular complexity index is 443. The van der Waals surface area contributed by atoms with Crippen LogP contribution in [0.2, 0.25) is 0 Å². The molecular weight excluding hydrogens is 237 g/mol. The minimum Gasteiger partial charge on any atom is -0.378 e. The van der Waals surface area contributed by atoms with E-state index in [9.17, 15) is 14.5 Å². The van der Waals surface area contributed by atoms with E-state index in [1.54, 1.807) is 0 Å². The molecule has 0 radical (unpaired) electrons. The number of nitrogens with one attached hydrogen (secondary N) is 1. The van der Waals surface area contributed by atoms with Crippen LogP contribution in [0.3, 0.4) is 0 Å². The monoisotopic (exact) mass is 255 g/mol. The lowest BCUT2D eigenvalue weighted by Crippen LogP contribution is -2.40. The summed E-state index contributed by atoms with van der Waals surface area (Å²) in [6.45, 7) is 6.31. The van der Waals surface area contributed by atoms with Gasteiger partial charge in [0.15, 0.2) is 5.82 Å². The summed E-state index contributed by atoms with van der Waals surface area (Å²) in [7, 11) is 0. The fourth-order valence-electron chi connectivity index (χ4n) is 1.55. The number of halogens is 1. The molecule has 100 valence electrons. The lowest BCUT2D eigenvalue weighted by molar-refractivity contribution is -0.385. The Balaban J connectivity index is 2.95. The van der Waals surface area contributed by atoms with E-state index in [1.807, 2.05) is 20.8 Å². The number of hydrogen-bond acceptors (Lipinski definition) is 4. The highest BCUT2D eigenvalue weighted by molar-refractivity contribution is 5.51. The zero-order chi connectivity index (χ0) is 13.9. The Hall–Kier alpha value is -1.69. The van der Waals surface area contributed by atoms with Gasteiger partial charge in [-0.3, -0.25) is 10.1 Å². The van der Waals surface area contributed by atoms with E-state index in [-0.39, 0.29) is 22.8 Å². The van der Waals surface area contributed by atoms with Crippen molar-refractivity contribution in [3.05, 3.63) is 34.1 Å². The molecule has 1 unspecified atom stereocenters. The third-order valence-electron chi connectivity index (χ3n) is 2.77. The fraction of sp³-hybridized carbons (Fsp3) is 0.500. The lowest BCUT2D eigenvalue weighted by atomic mass is 9.86. The van der Waals surface area contributed by atoms with Crippen LogP contribution in [0.4, 0.5) is 15.8 Å². The molecule has 6 heteroatoms. The van der Waals surface area contributed by atoms with Crippen LogP contribution in [0.1, 0.15) is 20.8 Å². The number of nitrogens with two attached hydrogens (primary N) is 1. The minimum atomic E-state index is -0.646. The van der Waals surface area contributed by atoms with Gasteiger partial charge in [0.1, 0.15) is 0 Å². The second kappa shape index (κ2) is 5.30.